The maximum absolute atomic E-state index is 13.0. The van der Waals surface area contributed by atoms with Gasteiger partial charge in [0.2, 0.25) is 0 Å². The fourth-order valence-electron chi connectivity index (χ4n) is 3.45. The number of nitrogens with zero attached hydrogens (tertiary/aromatic N) is 2. The van der Waals surface area contributed by atoms with Gasteiger partial charge in [-0.15, -0.1) is 24.8 Å². The normalized spacial score (nSPS) is 18.6. The van der Waals surface area contributed by atoms with Crippen molar-refractivity contribution in [2.75, 3.05) is 13.1 Å². The van der Waals surface area contributed by atoms with Crippen LogP contribution in [0.2, 0.25) is 0 Å². The van der Waals surface area contributed by atoms with E-state index in [1.165, 1.54) is 0 Å². The van der Waals surface area contributed by atoms with Crippen LogP contribution in [0.15, 0.2) is 36.7 Å². The summed E-state index contributed by atoms with van der Waals surface area (Å²) in [7, 11) is 0. The van der Waals surface area contributed by atoms with Crippen LogP contribution >= 0.6 is 24.8 Å². The molecule has 1 saturated heterocycles. The predicted octanol–water partition coefficient (Wildman–Crippen LogP) is 3.94. The molecule has 1 aromatic heterocycles. The molecular weight excluding hydrogens is 397 g/mol. The molecule has 2 aromatic rings. The number of aromatic nitrogens is 1. The van der Waals surface area contributed by atoms with Gasteiger partial charge in [-0.3, -0.25) is 9.78 Å². The molecule has 1 aliphatic rings. The lowest BCUT2D eigenvalue weighted by Crippen LogP contribution is -2.57. The third-order valence-electron chi connectivity index (χ3n) is 5.11. The van der Waals surface area contributed by atoms with Crippen LogP contribution in [0, 0.1) is 13.8 Å². The summed E-state index contributed by atoms with van der Waals surface area (Å²) in [6.45, 7) is 10.2. The molecule has 1 amide bonds. The molecule has 3 rings (SSSR count). The summed E-state index contributed by atoms with van der Waals surface area (Å²) < 4.78 is 6.00. The van der Waals surface area contributed by atoms with Gasteiger partial charge in [0.05, 0.1) is 0 Å². The lowest BCUT2D eigenvalue weighted by Gasteiger charge is -2.38. The van der Waals surface area contributed by atoms with Gasteiger partial charge in [-0.25, -0.2) is 0 Å². The molecule has 0 saturated carbocycles. The van der Waals surface area contributed by atoms with Gasteiger partial charge in [-0.05, 0) is 57.0 Å². The zero-order valence-corrected chi connectivity index (χ0v) is 18.4. The van der Waals surface area contributed by atoms with Crippen molar-refractivity contribution in [1.29, 1.82) is 0 Å². The molecule has 7 heteroatoms. The third kappa shape index (κ3) is 5.37. The van der Waals surface area contributed by atoms with E-state index in [-0.39, 0.29) is 36.8 Å². The number of carbonyl (C=O) groups is 1. The average Bonchev–Trinajstić information content (AvgIpc) is 2.63. The van der Waals surface area contributed by atoms with E-state index in [0.717, 1.165) is 41.1 Å². The number of hydrogen-bond donors (Lipinski definition) is 1. The van der Waals surface area contributed by atoms with Gasteiger partial charge in [0.25, 0.3) is 5.91 Å². The number of pyridine rings is 1. The zero-order valence-electron chi connectivity index (χ0n) is 16.8. The van der Waals surface area contributed by atoms with E-state index in [1.807, 2.05) is 43.0 Å². The first-order chi connectivity index (χ1) is 12.5. The fourth-order valence-corrected chi connectivity index (χ4v) is 3.45. The van der Waals surface area contributed by atoms with Crippen LogP contribution in [0.25, 0.3) is 0 Å². The van der Waals surface area contributed by atoms with Crippen LogP contribution in [0.4, 0.5) is 0 Å². The summed E-state index contributed by atoms with van der Waals surface area (Å²) in [6, 6.07) is 8.24. The molecule has 1 aromatic carbocycles. The van der Waals surface area contributed by atoms with E-state index >= 15 is 0 Å². The molecule has 5 nitrogen and oxygen atoms in total. The minimum absolute atomic E-state index is 0. The quantitative estimate of drug-likeness (QED) is 0.805. The van der Waals surface area contributed by atoms with Crippen molar-refractivity contribution in [2.24, 2.45) is 0 Å². The van der Waals surface area contributed by atoms with Crippen molar-refractivity contribution in [3.8, 4) is 5.75 Å². The first kappa shape index (κ1) is 24.2. The number of piperazine rings is 1. The molecule has 0 spiro atoms. The zero-order chi connectivity index (χ0) is 18.7. The van der Waals surface area contributed by atoms with Gasteiger partial charge in [-0.2, -0.15) is 0 Å². The van der Waals surface area contributed by atoms with Gasteiger partial charge in [-0.1, -0.05) is 6.07 Å². The molecular formula is C21H29Cl2N3O2. The Morgan fingerprint density at radius 1 is 1.25 bits per heavy atom. The molecule has 1 aliphatic heterocycles. The molecule has 0 radical (unpaired) electrons. The second-order valence-corrected chi connectivity index (χ2v) is 7.07. The summed E-state index contributed by atoms with van der Waals surface area (Å²) in [6.07, 6.45) is 3.55. The van der Waals surface area contributed by atoms with Crippen LogP contribution in [0.3, 0.4) is 0 Å². The molecule has 1 fully saturated rings. The van der Waals surface area contributed by atoms with Gasteiger partial charge in [0.15, 0.2) is 0 Å². The van der Waals surface area contributed by atoms with Crippen molar-refractivity contribution in [2.45, 2.75) is 46.4 Å². The molecule has 154 valence electrons. The van der Waals surface area contributed by atoms with Crippen molar-refractivity contribution in [1.82, 2.24) is 15.2 Å². The summed E-state index contributed by atoms with van der Waals surface area (Å²) >= 11 is 0. The maximum atomic E-state index is 13.0. The number of amides is 1. The van der Waals surface area contributed by atoms with Crippen LogP contribution in [0.1, 0.15) is 40.9 Å². The van der Waals surface area contributed by atoms with Gasteiger partial charge < -0.3 is 15.0 Å². The van der Waals surface area contributed by atoms with Crippen molar-refractivity contribution in [3.05, 3.63) is 58.9 Å². The minimum atomic E-state index is 0. The van der Waals surface area contributed by atoms with Gasteiger partial charge in [0.1, 0.15) is 12.4 Å². The maximum Gasteiger partial charge on any atom is 0.254 e. The highest BCUT2D eigenvalue weighted by molar-refractivity contribution is 5.95. The summed E-state index contributed by atoms with van der Waals surface area (Å²) in [5.74, 6) is 0.933. The molecule has 2 unspecified atom stereocenters. The van der Waals surface area contributed by atoms with Crippen molar-refractivity contribution >= 4 is 30.7 Å². The molecule has 1 N–H and O–H groups in total. The minimum Gasteiger partial charge on any atom is -0.488 e. The largest absolute Gasteiger partial charge is 0.488 e. The van der Waals surface area contributed by atoms with E-state index in [0.29, 0.717) is 12.6 Å². The lowest BCUT2D eigenvalue weighted by molar-refractivity contribution is 0.0602. The Morgan fingerprint density at radius 3 is 2.54 bits per heavy atom. The van der Waals surface area contributed by atoms with E-state index in [2.05, 4.69) is 24.1 Å². The van der Waals surface area contributed by atoms with Crippen LogP contribution in [-0.2, 0) is 6.61 Å². The topological polar surface area (TPSA) is 54.5 Å². The number of hydrogen-bond acceptors (Lipinski definition) is 4. The molecule has 0 bridgehead atoms. The van der Waals surface area contributed by atoms with E-state index in [9.17, 15) is 4.79 Å². The van der Waals surface area contributed by atoms with Gasteiger partial charge in [0, 0.05) is 48.7 Å². The van der Waals surface area contributed by atoms with Crippen LogP contribution in [-0.4, -0.2) is 41.0 Å². The standard InChI is InChI=1S/C21H27N3O2.2ClH/c1-14-10-19(21(25)24-9-8-23-16(3)17(24)4)11-15(2)20(14)26-13-18-6-5-7-22-12-18;;/h5-7,10-12,16-17,23H,8-9,13H2,1-4H3;2*1H. The van der Waals surface area contributed by atoms with E-state index in [1.54, 1.807) is 12.4 Å². The average molecular weight is 426 g/mol. The number of rotatable bonds is 4. The highest BCUT2D eigenvalue weighted by atomic mass is 35.5. The number of benzene rings is 1. The Labute approximate surface area is 179 Å². The number of ether oxygens (including phenoxy) is 1. The SMILES string of the molecule is Cc1cc(C(=O)N2CCNC(C)C2C)cc(C)c1OCc1cccnc1.Cl.Cl. The Bertz CT molecular complexity index is 763. The van der Waals surface area contributed by atoms with Crippen molar-refractivity contribution < 1.29 is 9.53 Å². The highest BCUT2D eigenvalue weighted by Crippen LogP contribution is 2.27. The van der Waals surface area contributed by atoms with Gasteiger partial charge >= 0.3 is 0 Å². The fraction of sp³-hybridized carbons (Fsp3) is 0.429. The lowest BCUT2D eigenvalue weighted by atomic mass is 10.0. The number of halogens is 2. The smallest absolute Gasteiger partial charge is 0.254 e. The van der Waals surface area contributed by atoms with E-state index in [4.69, 9.17) is 4.74 Å². The molecule has 28 heavy (non-hydrogen) atoms. The Morgan fingerprint density at radius 2 is 1.93 bits per heavy atom. The molecule has 2 heterocycles. The Hall–Kier alpha value is -1.82. The molecule has 0 aliphatic carbocycles. The third-order valence-corrected chi connectivity index (χ3v) is 5.11. The highest BCUT2D eigenvalue weighted by Gasteiger charge is 2.29. The Balaban J connectivity index is 0.00000196. The summed E-state index contributed by atoms with van der Waals surface area (Å²) in [5, 5.41) is 3.41. The predicted molar refractivity (Wildman–Crippen MR) is 117 cm³/mol. The number of carbonyl (C=O) groups excluding carboxylic acids is 1. The monoisotopic (exact) mass is 425 g/mol. The second-order valence-electron chi connectivity index (χ2n) is 7.07. The van der Waals surface area contributed by atoms with Crippen LogP contribution < -0.4 is 10.1 Å². The van der Waals surface area contributed by atoms with Crippen molar-refractivity contribution in [3.63, 3.8) is 0 Å². The first-order valence-corrected chi connectivity index (χ1v) is 9.14. The first-order valence-electron chi connectivity index (χ1n) is 9.14. The molecule has 2 atom stereocenters. The van der Waals surface area contributed by atoms with E-state index < -0.39 is 0 Å². The number of aryl methyl sites for hydroxylation is 2. The summed E-state index contributed by atoms with van der Waals surface area (Å²) in [5.41, 5.74) is 3.71. The second kappa shape index (κ2) is 10.6. The summed E-state index contributed by atoms with van der Waals surface area (Å²) in [4.78, 5) is 19.1. The number of nitrogens with one attached hydrogen (secondary N) is 1. The Kier molecular flexibility index (Phi) is 9.21. The van der Waals surface area contributed by atoms with Crippen LogP contribution in [0.5, 0.6) is 5.75 Å².